The highest BCUT2D eigenvalue weighted by Gasteiger charge is 2.31. The highest BCUT2D eigenvalue weighted by Crippen LogP contribution is 2.33. The van der Waals surface area contributed by atoms with Crippen LogP contribution in [0.25, 0.3) is 12.2 Å². The molecular formula is C30H27NO6S2. The number of thiocarbonyl (C=S) groups is 1. The summed E-state index contributed by atoms with van der Waals surface area (Å²) in [7, 11) is 4.78. The monoisotopic (exact) mass is 561 g/mol. The number of carbonyl (C=O) groups excluding carboxylic acids is 2. The van der Waals surface area contributed by atoms with E-state index in [0.29, 0.717) is 39.4 Å². The number of carbonyl (C=O) groups is 2. The van der Waals surface area contributed by atoms with Crippen LogP contribution in [0.4, 0.5) is 0 Å². The third-order valence-electron chi connectivity index (χ3n) is 5.87. The standard InChI is InChI=1S/C30H27NO6S2/c1-34-23-10-4-20(5-11-23)9-15-28(32)37-24-12-6-21(7-13-24)19-27-29(33)31(30(38)39-27)17-16-22-8-14-25(35-2)26(18-22)36-3/h4-15,18-19H,16-17H2,1-3H3. The van der Waals surface area contributed by atoms with Gasteiger partial charge in [-0.05, 0) is 71.7 Å². The van der Waals surface area contributed by atoms with Crippen LogP contribution in [0.15, 0.2) is 77.7 Å². The number of esters is 1. The van der Waals surface area contributed by atoms with Gasteiger partial charge in [-0.15, -0.1) is 0 Å². The average molecular weight is 562 g/mol. The molecule has 0 spiro atoms. The van der Waals surface area contributed by atoms with E-state index in [2.05, 4.69) is 0 Å². The van der Waals surface area contributed by atoms with Gasteiger partial charge in [0.1, 0.15) is 15.8 Å². The van der Waals surface area contributed by atoms with Crippen LogP contribution in [-0.2, 0) is 16.0 Å². The molecule has 0 aromatic heterocycles. The van der Waals surface area contributed by atoms with Crippen molar-refractivity contribution in [2.45, 2.75) is 6.42 Å². The van der Waals surface area contributed by atoms with Crippen LogP contribution in [0.3, 0.4) is 0 Å². The molecule has 1 fully saturated rings. The van der Waals surface area contributed by atoms with Crippen LogP contribution >= 0.6 is 24.0 Å². The van der Waals surface area contributed by atoms with E-state index >= 15 is 0 Å². The Balaban J connectivity index is 1.33. The number of hydrogen-bond acceptors (Lipinski definition) is 8. The molecule has 7 nitrogen and oxygen atoms in total. The topological polar surface area (TPSA) is 74.3 Å². The summed E-state index contributed by atoms with van der Waals surface area (Å²) < 4.78 is 21.7. The minimum atomic E-state index is -0.492. The summed E-state index contributed by atoms with van der Waals surface area (Å²) in [6, 6.07) is 19.9. The molecule has 1 amide bonds. The Hall–Kier alpha value is -4.08. The molecule has 0 radical (unpaired) electrons. The lowest BCUT2D eigenvalue weighted by molar-refractivity contribution is -0.129. The second kappa shape index (κ2) is 13.1. The van der Waals surface area contributed by atoms with Crippen molar-refractivity contribution >= 4 is 52.3 Å². The number of hydrogen-bond donors (Lipinski definition) is 0. The maximum atomic E-state index is 13.0. The molecule has 1 aliphatic rings. The van der Waals surface area contributed by atoms with E-state index < -0.39 is 5.97 Å². The van der Waals surface area contributed by atoms with E-state index in [9.17, 15) is 9.59 Å². The first-order valence-electron chi connectivity index (χ1n) is 12.0. The number of methoxy groups -OCH3 is 3. The summed E-state index contributed by atoms with van der Waals surface area (Å²) in [5.74, 6) is 1.81. The van der Waals surface area contributed by atoms with Crippen molar-refractivity contribution in [1.29, 1.82) is 0 Å². The third-order valence-corrected chi connectivity index (χ3v) is 7.25. The maximum Gasteiger partial charge on any atom is 0.336 e. The summed E-state index contributed by atoms with van der Waals surface area (Å²) in [4.78, 5) is 27.4. The lowest BCUT2D eigenvalue weighted by Gasteiger charge is -2.15. The molecule has 1 aliphatic heterocycles. The Morgan fingerprint density at radius 2 is 1.54 bits per heavy atom. The quantitative estimate of drug-likeness (QED) is 0.134. The second-order valence-electron chi connectivity index (χ2n) is 8.37. The van der Waals surface area contributed by atoms with Crippen molar-refractivity contribution in [1.82, 2.24) is 4.90 Å². The van der Waals surface area contributed by atoms with Gasteiger partial charge in [0, 0.05) is 12.6 Å². The minimum Gasteiger partial charge on any atom is -0.497 e. The first-order chi connectivity index (χ1) is 18.9. The fraction of sp³-hybridized carbons (Fsp3) is 0.167. The molecule has 0 atom stereocenters. The summed E-state index contributed by atoms with van der Waals surface area (Å²) >= 11 is 6.74. The van der Waals surface area contributed by atoms with E-state index in [4.69, 9.17) is 31.2 Å². The summed E-state index contributed by atoms with van der Waals surface area (Å²) in [6.07, 6.45) is 5.43. The largest absolute Gasteiger partial charge is 0.497 e. The summed E-state index contributed by atoms with van der Waals surface area (Å²) in [6.45, 7) is 0.455. The Kier molecular flexibility index (Phi) is 9.40. The van der Waals surface area contributed by atoms with Crippen LogP contribution in [-0.4, -0.2) is 49.0 Å². The van der Waals surface area contributed by atoms with Crippen molar-refractivity contribution < 1.29 is 28.5 Å². The highest BCUT2D eigenvalue weighted by atomic mass is 32.2. The third kappa shape index (κ3) is 7.28. The zero-order valence-corrected chi connectivity index (χ0v) is 23.3. The van der Waals surface area contributed by atoms with Crippen LogP contribution in [0, 0.1) is 0 Å². The number of amides is 1. The van der Waals surface area contributed by atoms with Crippen molar-refractivity contribution in [2.24, 2.45) is 0 Å². The maximum absolute atomic E-state index is 13.0. The van der Waals surface area contributed by atoms with Crippen LogP contribution in [0.5, 0.6) is 23.0 Å². The Morgan fingerprint density at radius 1 is 0.872 bits per heavy atom. The predicted molar refractivity (Wildman–Crippen MR) is 157 cm³/mol. The van der Waals surface area contributed by atoms with Gasteiger partial charge in [0.15, 0.2) is 11.5 Å². The average Bonchev–Trinajstić information content (AvgIpc) is 3.23. The van der Waals surface area contributed by atoms with Crippen LogP contribution in [0.2, 0.25) is 0 Å². The molecule has 1 heterocycles. The molecule has 3 aromatic carbocycles. The molecule has 1 saturated heterocycles. The molecule has 4 rings (SSSR count). The SMILES string of the molecule is COc1ccc(C=CC(=O)Oc2ccc(C=C3SC(=S)N(CCc4ccc(OC)c(OC)c4)C3=O)cc2)cc1. The molecule has 0 saturated carbocycles. The van der Waals surface area contributed by atoms with Crippen molar-refractivity contribution in [3.8, 4) is 23.0 Å². The number of thioether (sulfide) groups is 1. The number of nitrogens with zero attached hydrogens (tertiary/aromatic N) is 1. The van der Waals surface area contributed by atoms with Crippen LogP contribution in [0.1, 0.15) is 16.7 Å². The molecule has 39 heavy (non-hydrogen) atoms. The number of rotatable bonds is 10. The van der Waals surface area contributed by atoms with Gasteiger partial charge in [0.2, 0.25) is 0 Å². The first-order valence-corrected chi connectivity index (χ1v) is 13.2. The zero-order valence-electron chi connectivity index (χ0n) is 21.7. The Labute approximate surface area is 237 Å². The van der Waals surface area contributed by atoms with E-state index in [1.165, 1.54) is 17.8 Å². The fourth-order valence-corrected chi connectivity index (χ4v) is 5.09. The van der Waals surface area contributed by atoms with Crippen molar-refractivity contribution in [3.63, 3.8) is 0 Å². The molecule has 0 unspecified atom stereocenters. The van der Waals surface area contributed by atoms with Gasteiger partial charge in [-0.25, -0.2) is 4.79 Å². The van der Waals surface area contributed by atoms with Crippen LogP contribution < -0.4 is 18.9 Å². The summed E-state index contributed by atoms with van der Waals surface area (Å²) in [5.41, 5.74) is 2.66. The summed E-state index contributed by atoms with van der Waals surface area (Å²) in [5, 5.41) is 0. The molecule has 0 N–H and O–H groups in total. The van der Waals surface area contributed by atoms with E-state index in [0.717, 1.165) is 22.4 Å². The van der Waals surface area contributed by atoms with Gasteiger partial charge in [-0.3, -0.25) is 9.69 Å². The van der Waals surface area contributed by atoms with Gasteiger partial charge in [0.05, 0.1) is 26.2 Å². The zero-order chi connectivity index (χ0) is 27.8. The lowest BCUT2D eigenvalue weighted by atomic mass is 10.1. The highest BCUT2D eigenvalue weighted by molar-refractivity contribution is 8.26. The Morgan fingerprint density at radius 3 is 2.21 bits per heavy atom. The minimum absolute atomic E-state index is 0.135. The van der Waals surface area contributed by atoms with E-state index in [1.807, 2.05) is 42.5 Å². The van der Waals surface area contributed by atoms with Gasteiger partial charge < -0.3 is 18.9 Å². The number of benzene rings is 3. The predicted octanol–water partition coefficient (Wildman–Crippen LogP) is 5.78. The van der Waals surface area contributed by atoms with Gasteiger partial charge in [0.25, 0.3) is 5.91 Å². The molecule has 200 valence electrons. The van der Waals surface area contributed by atoms with Crippen molar-refractivity contribution in [2.75, 3.05) is 27.9 Å². The van der Waals surface area contributed by atoms with E-state index in [-0.39, 0.29) is 5.91 Å². The number of ether oxygens (including phenoxy) is 4. The fourth-order valence-electron chi connectivity index (χ4n) is 3.78. The normalized spacial score (nSPS) is 14.2. The molecule has 0 aliphatic carbocycles. The lowest BCUT2D eigenvalue weighted by Crippen LogP contribution is -2.30. The first kappa shape index (κ1) is 27.9. The molecule has 0 bridgehead atoms. The van der Waals surface area contributed by atoms with E-state index in [1.54, 1.807) is 62.6 Å². The molecule has 9 heteroatoms. The van der Waals surface area contributed by atoms with Crippen molar-refractivity contribution in [3.05, 3.63) is 94.4 Å². The molecular weight excluding hydrogens is 534 g/mol. The van der Waals surface area contributed by atoms with Gasteiger partial charge >= 0.3 is 5.97 Å². The second-order valence-corrected chi connectivity index (χ2v) is 10.0. The molecule has 3 aromatic rings. The van der Waals surface area contributed by atoms with Gasteiger partial charge in [-0.1, -0.05) is 54.3 Å². The smallest absolute Gasteiger partial charge is 0.336 e. The Bertz CT molecular complexity index is 1410. The van der Waals surface area contributed by atoms with Gasteiger partial charge in [-0.2, -0.15) is 0 Å².